The summed E-state index contributed by atoms with van der Waals surface area (Å²) in [7, 11) is 1.54. The number of ketones is 1. The largest absolute Gasteiger partial charge is 0.490 e. The highest BCUT2D eigenvalue weighted by atomic mass is 32.2. The molecule has 1 aliphatic heterocycles. The monoisotopic (exact) mass is 563 g/mol. The van der Waals surface area contributed by atoms with Crippen LogP contribution in [0.3, 0.4) is 0 Å². The summed E-state index contributed by atoms with van der Waals surface area (Å²) in [5.41, 5.74) is 1.87. The van der Waals surface area contributed by atoms with Gasteiger partial charge in [-0.25, -0.2) is 14.4 Å². The molecule has 0 spiro atoms. The number of H-pyrrole nitrogens is 1. The van der Waals surface area contributed by atoms with Crippen LogP contribution in [0.2, 0.25) is 0 Å². The fourth-order valence-corrected chi connectivity index (χ4v) is 4.95. The minimum absolute atomic E-state index is 0.0262. The van der Waals surface area contributed by atoms with Crippen molar-refractivity contribution < 1.29 is 18.7 Å². The van der Waals surface area contributed by atoms with Crippen LogP contribution in [0.5, 0.6) is 5.75 Å². The molecule has 0 saturated carbocycles. The highest BCUT2D eigenvalue weighted by molar-refractivity contribution is 7.99. The van der Waals surface area contributed by atoms with Crippen molar-refractivity contribution in [3.63, 3.8) is 0 Å². The Morgan fingerprint density at radius 2 is 2.02 bits per heavy atom. The Morgan fingerprint density at radius 3 is 2.73 bits per heavy atom. The number of nitrogens with zero attached hydrogens (tertiary/aromatic N) is 5. The number of anilines is 3. The number of aromatic nitrogens is 4. The first-order valence-electron chi connectivity index (χ1n) is 12.4. The van der Waals surface area contributed by atoms with Gasteiger partial charge in [-0.15, -0.1) is 4.91 Å². The number of rotatable bonds is 10. The van der Waals surface area contributed by atoms with Gasteiger partial charge < -0.3 is 19.7 Å². The van der Waals surface area contributed by atoms with Gasteiger partial charge in [0, 0.05) is 36.8 Å². The van der Waals surface area contributed by atoms with Gasteiger partial charge in [-0.2, -0.15) is 5.10 Å². The fourth-order valence-electron chi connectivity index (χ4n) is 4.19. The third kappa shape index (κ3) is 6.26. The second-order valence-electron chi connectivity index (χ2n) is 8.98. The maximum absolute atomic E-state index is 15.2. The number of carbonyl (C=O) groups is 1. The topological polar surface area (TPSA) is 135 Å². The van der Waals surface area contributed by atoms with Gasteiger partial charge in [0.1, 0.15) is 11.5 Å². The molecule has 1 saturated heterocycles. The number of nitroso groups, excluding NO2 is 1. The van der Waals surface area contributed by atoms with E-state index in [1.165, 1.54) is 18.2 Å². The third-order valence-corrected chi connectivity index (χ3v) is 7.05. The van der Waals surface area contributed by atoms with Gasteiger partial charge in [0.05, 0.1) is 25.2 Å². The first-order chi connectivity index (χ1) is 19.4. The van der Waals surface area contributed by atoms with Gasteiger partial charge in [0.15, 0.2) is 28.4 Å². The first kappa shape index (κ1) is 27.2. The Hall–Kier alpha value is -4.36. The van der Waals surface area contributed by atoms with Gasteiger partial charge in [-0.3, -0.25) is 9.89 Å². The summed E-state index contributed by atoms with van der Waals surface area (Å²) in [6.45, 7) is 4.20. The van der Waals surface area contributed by atoms with Gasteiger partial charge in [0.2, 0.25) is 5.75 Å². The minimum atomic E-state index is -0.511. The number of aryl methyl sites for hydroxylation is 1. The van der Waals surface area contributed by atoms with E-state index in [0.717, 1.165) is 17.5 Å². The standard InChI is InChI=1S/C27H26FN7O4S/c1-16-12-23(33-32-16)29-25-24(38-2)26(35-8-10-39-11-9-35)31-27(30-25)40-22-7-6-17(13-20(22)28)14-21(36)18-4-3-5-19(15-18)34-37/h3-7,12-13,15H,8-11,14H2,1-2H3,(H2,29,30,31,32,33). The zero-order valence-electron chi connectivity index (χ0n) is 21.8. The van der Waals surface area contributed by atoms with Crippen molar-refractivity contribution in [1.82, 2.24) is 20.2 Å². The molecule has 0 atom stereocenters. The molecular weight excluding hydrogens is 537 g/mol. The lowest BCUT2D eigenvalue weighted by Gasteiger charge is -2.29. The van der Waals surface area contributed by atoms with E-state index >= 15 is 4.39 Å². The van der Waals surface area contributed by atoms with Gasteiger partial charge in [-0.1, -0.05) is 18.2 Å². The van der Waals surface area contributed by atoms with E-state index in [0.29, 0.717) is 70.7 Å². The highest BCUT2D eigenvalue weighted by Crippen LogP contribution is 2.39. The number of hydrogen-bond donors (Lipinski definition) is 2. The van der Waals surface area contributed by atoms with E-state index in [1.54, 1.807) is 31.4 Å². The van der Waals surface area contributed by atoms with Crippen molar-refractivity contribution in [2.24, 2.45) is 5.18 Å². The number of benzene rings is 2. The summed E-state index contributed by atoms with van der Waals surface area (Å²) in [5, 5.41) is 13.4. The molecule has 0 aliphatic carbocycles. The maximum Gasteiger partial charge on any atom is 0.204 e. The summed E-state index contributed by atoms with van der Waals surface area (Å²) >= 11 is 1.06. The SMILES string of the molecule is COc1c(Nc2cc(C)[nH]n2)nc(Sc2ccc(CC(=O)c3cccc(N=O)c3)cc2F)nc1N1CCOCC1. The van der Waals surface area contributed by atoms with Crippen molar-refractivity contribution >= 4 is 40.7 Å². The summed E-state index contributed by atoms with van der Waals surface area (Å²) in [6, 6.07) is 12.5. The molecule has 5 rings (SSSR count). The zero-order chi connectivity index (χ0) is 28.1. The minimum Gasteiger partial charge on any atom is -0.490 e. The molecule has 13 heteroatoms. The van der Waals surface area contributed by atoms with E-state index < -0.39 is 5.82 Å². The molecule has 1 fully saturated rings. The number of methoxy groups -OCH3 is 1. The molecule has 2 aromatic heterocycles. The van der Waals surface area contributed by atoms with E-state index in [2.05, 4.69) is 25.7 Å². The van der Waals surface area contributed by atoms with E-state index in [1.807, 2.05) is 17.9 Å². The lowest BCUT2D eigenvalue weighted by atomic mass is 10.0. The summed E-state index contributed by atoms with van der Waals surface area (Å²) in [4.78, 5) is 35.1. The number of hydrogen-bond acceptors (Lipinski definition) is 11. The Kier molecular flexibility index (Phi) is 8.31. The van der Waals surface area contributed by atoms with Crippen LogP contribution < -0.4 is 15.0 Å². The number of Topliss-reactive ketones (excluding diaryl/α,β-unsaturated/α-hetero) is 1. The third-order valence-electron chi connectivity index (χ3n) is 6.13. The molecule has 2 aromatic carbocycles. The first-order valence-corrected chi connectivity index (χ1v) is 13.3. The lowest BCUT2D eigenvalue weighted by molar-refractivity contribution is 0.0993. The van der Waals surface area contributed by atoms with Crippen molar-refractivity contribution in [1.29, 1.82) is 0 Å². The van der Waals surface area contributed by atoms with Crippen LogP contribution >= 0.6 is 11.8 Å². The smallest absolute Gasteiger partial charge is 0.204 e. The summed E-state index contributed by atoms with van der Waals surface area (Å²) in [5.74, 6) is 1.19. The molecule has 0 amide bonds. The number of carbonyl (C=O) groups excluding carboxylic acids is 1. The van der Waals surface area contributed by atoms with Crippen molar-refractivity contribution in [3.05, 3.63) is 76.1 Å². The average Bonchev–Trinajstić information content (AvgIpc) is 3.39. The van der Waals surface area contributed by atoms with Crippen LogP contribution in [0.4, 0.5) is 27.5 Å². The molecular formula is C27H26FN7O4S. The van der Waals surface area contributed by atoms with Crippen LogP contribution in [-0.2, 0) is 11.2 Å². The summed E-state index contributed by atoms with van der Waals surface area (Å²) < 4.78 is 26.4. The quantitative estimate of drug-likeness (QED) is 0.150. The highest BCUT2D eigenvalue weighted by Gasteiger charge is 2.24. The second-order valence-corrected chi connectivity index (χ2v) is 9.99. The van der Waals surface area contributed by atoms with Crippen LogP contribution in [0.1, 0.15) is 21.6 Å². The molecule has 3 heterocycles. The van der Waals surface area contributed by atoms with Crippen LogP contribution in [0.15, 0.2) is 63.8 Å². The number of halogens is 1. The number of nitrogens with one attached hydrogen (secondary N) is 2. The second kappa shape index (κ2) is 12.2. The Balaban J connectivity index is 1.41. The number of aromatic amines is 1. The Morgan fingerprint density at radius 1 is 1.20 bits per heavy atom. The van der Waals surface area contributed by atoms with Crippen molar-refractivity contribution in [3.8, 4) is 5.75 Å². The zero-order valence-corrected chi connectivity index (χ0v) is 22.6. The molecule has 206 valence electrons. The maximum atomic E-state index is 15.2. The molecule has 11 nitrogen and oxygen atoms in total. The van der Waals surface area contributed by atoms with E-state index in [-0.39, 0.29) is 17.9 Å². The molecule has 0 radical (unpaired) electrons. The molecule has 1 aliphatic rings. The lowest BCUT2D eigenvalue weighted by Crippen LogP contribution is -2.37. The fraction of sp³-hybridized carbons (Fsp3) is 0.259. The molecule has 4 aromatic rings. The van der Waals surface area contributed by atoms with Gasteiger partial charge in [-0.05, 0) is 53.7 Å². The predicted molar refractivity (Wildman–Crippen MR) is 149 cm³/mol. The summed E-state index contributed by atoms with van der Waals surface area (Å²) in [6.07, 6.45) is -0.0262. The average molecular weight is 564 g/mol. The van der Waals surface area contributed by atoms with Crippen molar-refractivity contribution in [2.75, 3.05) is 43.6 Å². The van der Waals surface area contributed by atoms with Crippen LogP contribution in [-0.4, -0.2) is 59.4 Å². The molecule has 40 heavy (non-hydrogen) atoms. The number of morpholine rings is 1. The van der Waals surface area contributed by atoms with E-state index in [4.69, 9.17) is 14.5 Å². The normalized spacial score (nSPS) is 13.2. The molecule has 2 N–H and O–H groups in total. The predicted octanol–water partition coefficient (Wildman–Crippen LogP) is 5.21. The van der Waals surface area contributed by atoms with Crippen LogP contribution in [0.25, 0.3) is 0 Å². The Labute approximate surface area is 233 Å². The molecule has 0 bridgehead atoms. The molecule has 0 unspecified atom stereocenters. The van der Waals surface area contributed by atoms with Gasteiger partial charge >= 0.3 is 0 Å². The van der Waals surface area contributed by atoms with Crippen LogP contribution in [0, 0.1) is 17.6 Å². The number of ether oxygens (including phenoxy) is 2. The van der Waals surface area contributed by atoms with E-state index in [9.17, 15) is 9.70 Å². The van der Waals surface area contributed by atoms with Gasteiger partial charge in [0.25, 0.3) is 0 Å². The Bertz CT molecular complexity index is 1540. The van der Waals surface area contributed by atoms with Crippen molar-refractivity contribution in [2.45, 2.75) is 23.4 Å².